The number of ether oxygens (including phenoxy) is 1. The van der Waals surface area contributed by atoms with E-state index in [1.807, 2.05) is 88.1 Å². The van der Waals surface area contributed by atoms with Crippen molar-refractivity contribution in [3.63, 3.8) is 0 Å². The van der Waals surface area contributed by atoms with E-state index in [1.54, 1.807) is 0 Å². The Kier molecular flexibility index (Phi) is 9.31. The predicted octanol–water partition coefficient (Wildman–Crippen LogP) is 17.8. The molecule has 10 aromatic carbocycles. The summed E-state index contributed by atoms with van der Waals surface area (Å²) in [7, 11) is 0. The first-order chi connectivity index (χ1) is 39.4. The van der Waals surface area contributed by atoms with Gasteiger partial charge in [-0.1, -0.05) is 197 Å². The molecule has 1 aliphatic carbocycles. The maximum atomic E-state index is 9.32. The Hall–Kier alpha value is -9.67. The van der Waals surface area contributed by atoms with Crippen molar-refractivity contribution < 1.29 is 11.6 Å². The van der Waals surface area contributed by atoms with Crippen LogP contribution in [0.3, 0.4) is 0 Å². The molecule has 2 aliphatic rings. The van der Waals surface area contributed by atoms with E-state index in [4.69, 9.17) is 13.8 Å². The van der Waals surface area contributed by atoms with Crippen molar-refractivity contribution in [3.05, 3.63) is 289 Å². The molecule has 3 heterocycles. The Balaban J connectivity index is 0.928. The maximum absolute atomic E-state index is 9.32. The molecule has 12 aromatic rings. The molecule has 0 bridgehead atoms. The highest BCUT2D eigenvalue weighted by atomic mass is 16.5. The van der Waals surface area contributed by atoms with Gasteiger partial charge in [-0.3, -0.25) is 4.57 Å². The van der Waals surface area contributed by atoms with Gasteiger partial charge in [-0.15, -0.1) is 0 Å². The molecule has 14 rings (SSSR count). The number of benzene rings is 10. The molecule has 0 radical (unpaired) electrons. The summed E-state index contributed by atoms with van der Waals surface area (Å²) < 4.78 is 57.8. The Morgan fingerprint density at radius 1 is 0.500 bits per heavy atom. The second kappa shape index (κ2) is 17.8. The van der Waals surface area contributed by atoms with Gasteiger partial charge in [0.2, 0.25) is 11.4 Å². The van der Waals surface area contributed by atoms with E-state index in [9.17, 15) is 2.74 Å². The molecule has 1 aliphatic heterocycles. The number of aromatic nitrogens is 2. The van der Waals surface area contributed by atoms with Gasteiger partial charge in [0.25, 0.3) is 11.4 Å². The Morgan fingerprint density at radius 3 is 1.86 bits per heavy atom. The van der Waals surface area contributed by atoms with Crippen molar-refractivity contribution in [1.29, 1.82) is 0 Å². The van der Waals surface area contributed by atoms with Crippen LogP contribution in [0, 0.1) is 0 Å². The van der Waals surface area contributed by atoms with Gasteiger partial charge in [-0.2, -0.15) is 0 Å². The van der Waals surface area contributed by atoms with Crippen molar-refractivity contribution in [3.8, 4) is 50.7 Å². The van der Waals surface area contributed by atoms with E-state index in [1.165, 1.54) is 27.8 Å². The van der Waals surface area contributed by atoms with E-state index in [2.05, 4.69) is 183 Å². The van der Waals surface area contributed by atoms with Crippen LogP contribution in [0.5, 0.6) is 11.5 Å². The van der Waals surface area contributed by atoms with Gasteiger partial charge in [0.1, 0.15) is 17.3 Å². The summed E-state index contributed by atoms with van der Waals surface area (Å²) >= 11 is 0. The molecule has 0 fully saturated rings. The Morgan fingerprint density at radius 2 is 1.11 bits per heavy atom. The summed E-state index contributed by atoms with van der Waals surface area (Å²) in [4.78, 5) is 4.88. The van der Waals surface area contributed by atoms with E-state index in [-0.39, 0.29) is 23.1 Å². The van der Waals surface area contributed by atoms with E-state index >= 15 is 0 Å². The van der Waals surface area contributed by atoms with Crippen molar-refractivity contribution in [2.24, 2.45) is 0 Å². The van der Waals surface area contributed by atoms with E-state index < -0.39 is 23.5 Å². The molecule has 0 atom stereocenters. The fourth-order valence-electron chi connectivity index (χ4n) is 11.7. The average Bonchev–Trinajstić information content (AvgIpc) is 3.20. The summed E-state index contributed by atoms with van der Waals surface area (Å²) in [6, 6.07) is 79.2. The molecule has 2 aromatic heterocycles. The zero-order valence-corrected chi connectivity index (χ0v) is 42.1. The van der Waals surface area contributed by atoms with Crippen molar-refractivity contribution >= 4 is 50.6 Å². The molecule has 0 unspecified atom stereocenters. The number of fused-ring (bicyclic) bond motifs is 7. The lowest BCUT2D eigenvalue weighted by molar-refractivity contribution is 0.483. The molecule has 5 nitrogen and oxygen atoms in total. The summed E-state index contributed by atoms with van der Waals surface area (Å²) in [5.74, 6) is 2.11. The molecule has 360 valence electrons. The van der Waals surface area contributed by atoms with Gasteiger partial charge in [0.05, 0.1) is 40.5 Å². The SMILES string of the molecule is [2H]c1c([2H])c([2H])c(-c2cccc(-c3ccc(C4(c5ccccc5)c5ccccc5-c5ccccc54)cc3)c2[N+]2=C=[N+](c3cccc(Oc4ccc5c6ccccc6n(-c6cc(C(C)(C)C)ccn6)c5c4)c3)c3ccccc32)c([2H])c1[2H]. The van der Waals surface area contributed by atoms with Crippen LogP contribution in [-0.4, -0.2) is 15.6 Å². The zero-order chi connectivity index (χ0) is 55.3. The standard InChI is InChI=1S/C71H52N4O/c1-70(2,3)52-42-43-72-68(44-52)75-64-33-15-12-28-60(64)61-41-40-55(46-67(61)75)76-54-25-18-24-53(45-54)73-47-74(66-35-17-16-34-65(66)73)69-56(48-20-6-4-7-21-48)29-19-30-57(69)49-36-38-51(39-37-49)71(50-22-8-5-9-23-50)62-31-13-10-26-58(62)59-27-11-14-32-63(59)71/h4-46H,1-3H3/q+2/i4D,6D,7D,20D,21D. The number of hydrogen-bond acceptors (Lipinski definition) is 2. The summed E-state index contributed by atoms with van der Waals surface area (Å²) in [5, 5.41) is 2.21. The molecule has 0 saturated carbocycles. The fourth-order valence-corrected chi connectivity index (χ4v) is 11.7. The van der Waals surface area contributed by atoms with Crippen LogP contribution < -0.4 is 13.9 Å². The number of nitrogens with zero attached hydrogens (tertiary/aromatic N) is 4. The van der Waals surface area contributed by atoms with Crippen LogP contribution in [0.4, 0.5) is 22.7 Å². The van der Waals surface area contributed by atoms with Crippen LogP contribution >= 0.6 is 0 Å². The fraction of sp³-hybridized carbons (Fsp3) is 0.0704. The van der Waals surface area contributed by atoms with Gasteiger partial charge < -0.3 is 4.74 Å². The van der Waals surface area contributed by atoms with Gasteiger partial charge in [-0.05, 0) is 113 Å². The third-order valence-electron chi connectivity index (χ3n) is 15.2. The first-order valence-electron chi connectivity index (χ1n) is 28.2. The van der Waals surface area contributed by atoms with Crippen LogP contribution in [0.1, 0.15) is 55.4 Å². The highest BCUT2D eigenvalue weighted by molar-refractivity contribution is 6.09. The van der Waals surface area contributed by atoms with Crippen LogP contribution in [0.25, 0.3) is 61.0 Å². The monoisotopic (exact) mass is 981 g/mol. The van der Waals surface area contributed by atoms with Crippen molar-refractivity contribution in [2.45, 2.75) is 31.6 Å². The second-order valence-corrected chi connectivity index (χ2v) is 20.5. The van der Waals surface area contributed by atoms with Gasteiger partial charge >= 0.3 is 6.01 Å². The smallest absolute Gasteiger partial charge is 0.457 e. The number of hydrogen-bond donors (Lipinski definition) is 0. The molecule has 0 N–H and O–H groups in total. The lowest BCUT2D eigenvalue weighted by atomic mass is 9.67. The number of para-hydroxylation sites is 4. The predicted molar refractivity (Wildman–Crippen MR) is 313 cm³/mol. The highest BCUT2D eigenvalue weighted by Crippen LogP contribution is 2.56. The molecule has 0 amide bonds. The Labute approximate surface area is 449 Å². The van der Waals surface area contributed by atoms with E-state index in [0.717, 1.165) is 66.9 Å². The topological polar surface area (TPSA) is 33.1 Å². The molecule has 76 heavy (non-hydrogen) atoms. The number of rotatable bonds is 9. The van der Waals surface area contributed by atoms with Crippen LogP contribution in [0.2, 0.25) is 0 Å². The van der Waals surface area contributed by atoms with Crippen molar-refractivity contribution in [2.75, 3.05) is 0 Å². The molecular weight excluding hydrogens is 925 g/mol. The van der Waals surface area contributed by atoms with Gasteiger partial charge in [0.15, 0.2) is 0 Å². The second-order valence-electron chi connectivity index (χ2n) is 20.5. The van der Waals surface area contributed by atoms with Crippen LogP contribution in [-0.2, 0) is 10.8 Å². The number of pyridine rings is 1. The lowest BCUT2D eigenvalue weighted by Crippen LogP contribution is -2.28. The minimum Gasteiger partial charge on any atom is -0.457 e. The molecular formula is C71H52N4O+2. The summed E-state index contributed by atoms with van der Waals surface area (Å²) in [5.41, 5.74) is 14.8. The third kappa shape index (κ3) is 7.20. The highest BCUT2D eigenvalue weighted by Gasteiger charge is 2.46. The minimum absolute atomic E-state index is 0.0650. The molecule has 5 heteroatoms. The first-order valence-corrected chi connectivity index (χ1v) is 25.7. The average molecular weight is 982 g/mol. The maximum Gasteiger partial charge on any atom is 0.503 e. The lowest BCUT2D eigenvalue weighted by Gasteiger charge is -2.34. The Bertz CT molecular complexity index is 4570. The zero-order valence-electron chi connectivity index (χ0n) is 47.1. The van der Waals surface area contributed by atoms with Crippen molar-refractivity contribution in [1.82, 2.24) is 18.7 Å². The van der Waals surface area contributed by atoms with Gasteiger partial charge in [0, 0.05) is 41.2 Å². The largest absolute Gasteiger partial charge is 0.503 e. The normalized spacial score (nSPS) is 14.2. The van der Waals surface area contributed by atoms with Gasteiger partial charge in [-0.25, -0.2) is 4.98 Å². The van der Waals surface area contributed by atoms with Crippen LogP contribution in [0.15, 0.2) is 261 Å². The quantitative estimate of drug-likeness (QED) is 0.135. The minimum atomic E-state index is -0.609. The summed E-state index contributed by atoms with van der Waals surface area (Å²) in [6.07, 6.45) is 1.89. The molecule has 0 saturated heterocycles. The molecule has 0 spiro atoms. The third-order valence-corrected chi connectivity index (χ3v) is 15.2. The summed E-state index contributed by atoms with van der Waals surface area (Å²) in [6.45, 7) is 6.63. The van der Waals surface area contributed by atoms with E-state index in [0.29, 0.717) is 22.7 Å². The first kappa shape index (κ1) is 39.8.